The summed E-state index contributed by atoms with van der Waals surface area (Å²) in [6.45, 7) is 4.57. The zero-order valence-electron chi connectivity index (χ0n) is 18.1. The molecule has 1 aliphatic heterocycles. The van der Waals surface area contributed by atoms with Crippen molar-refractivity contribution in [1.29, 1.82) is 5.26 Å². The Balaban J connectivity index is 1.42. The lowest BCUT2D eigenvalue weighted by molar-refractivity contribution is -0.118. The summed E-state index contributed by atoms with van der Waals surface area (Å²) in [5.74, 6) is 0.484. The maximum absolute atomic E-state index is 11.9. The number of nitriles is 1. The van der Waals surface area contributed by atoms with Crippen molar-refractivity contribution in [2.45, 2.75) is 64.0 Å². The molecular weight excluding hydrogens is 410 g/mol. The standard InChI is InChI=1S/C25H28ClN3O2/c1-16-10-19(13-20(26)11-16)25(2)14-24(29-31-25)18-5-7-22-17(12-18)6-8-23(22)28-15-21(30)4-3-9-27/h5,7,11-13,16,23,28H,3-4,6,8,10,14-15H2,1-2H3. The summed E-state index contributed by atoms with van der Waals surface area (Å²) in [5.41, 5.74) is 5.35. The van der Waals surface area contributed by atoms with Crippen LogP contribution in [0.5, 0.6) is 0 Å². The van der Waals surface area contributed by atoms with E-state index in [4.69, 9.17) is 21.7 Å². The lowest BCUT2D eigenvalue weighted by Crippen LogP contribution is -2.29. The molecule has 3 unspecified atom stereocenters. The predicted octanol–water partition coefficient (Wildman–Crippen LogP) is 5.11. The van der Waals surface area contributed by atoms with Gasteiger partial charge in [0, 0.05) is 30.3 Å². The Morgan fingerprint density at radius 3 is 3.06 bits per heavy atom. The topological polar surface area (TPSA) is 74.5 Å². The SMILES string of the molecule is CC1C=C(Cl)C=C(C2(C)CC(c3ccc4c(c3)CCC4NCC(=O)CCC#N)=NO2)C1. The highest BCUT2D eigenvalue weighted by Crippen LogP contribution is 2.40. The minimum Gasteiger partial charge on any atom is -0.384 e. The van der Waals surface area contributed by atoms with Crippen LogP contribution in [-0.4, -0.2) is 23.6 Å². The number of allylic oxidation sites excluding steroid dienone is 3. The van der Waals surface area contributed by atoms with Gasteiger partial charge in [-0.3, -0.25) is 4.79 Å². The van der Waals surface area contributed by atoms with Gasteiger partial charge in [-0.2, -0.15) is 5.26 Å². The zero-order valence-corrected chi connectivity index (χ0v) is 18.8. The highest BCUT2D eigenvalue weighted by molar-refractivity contribution is 6.31. The van der Waals surface area contributed by atoms with Crippen LogP contribution in [0, 0.1) is 17.2 Å². The number of rotatable bonds is 7. The number of hydrogen-bond acceptors (Lipinski definition) is 5. The number of fused-ring (bicyclic) bond motifs is 1. The van der Waals surface area contributed by atoms with Crippen molar-refractivity contribution < 1.29 is 9.63 Å². The van der Waals surface area contributed by atoms with Gasteiger partial charge in [0.15, 0.2) is 5.60 Å². The molecule has 0 saturated carbocycles. The summed E-state index contributed by atoms with van der Waals surface area (Å²) >= 11 is 6.30. The van der Waals surface area contributed by atoms with Gasteiger partial charge < -0.3 is 10.2 Å². The van der Waals surface area contributed by atoms with Crippen LogP contribution in [0.25, 0.3) is 0 Å². The van der Waals surface area contributed by atoms with Gasteiger partial charge in [-0.15, -0.1) is 0 Å². The number of aryl methyl sites for hydroxylation is 1. The minimum absolute atomic E-state index is 0.0876. The first-order chi connectivity index (χ1) is 14.9. The van der Waals surface area contributed by atoms with Crippen LogP contribution < -0.4 is 5.32 Å². The van der Waals surface area contributed by atoms with Crippen molar-refractivity contribution >= 4 is 23.1 Å². The Bertz CT molecular complexity index is 1020. The van der Waals surface area contributed by atoms with Crippen LogP contribution in [0.1, 0.15) is 68.7 Å². The molecule has 0 spiro atoms. The van der Waals surface area contributed by atoms with Gasteiger partial charge in [0.2, 0.25) is 0 Å². The number of ketones is 1. The lowest BCUT2D eigenvalue weighted by Gasteiger charge is -2.28. The molecular formula is C25H28ClN3O2. The molecule has 0 amide bonds. The quantitative estimate of drug-likeness (QED) is 0.643. The number of oxime groups is 1. The molecule has 6 heteroatoms. The fourth-order valence-corrected chi connectivity index (χ4v) is 5.06. The Hall–Kier alpha value is -2.42. The van der Waals surface area contributed by atoms with Crippen molar-refractivity contribution in [3.8, 4) is 6.07 Å². The molecule has 3 atom stereocenters. The zero-order chi connectivity index (χ0) is 22.0. The first-order valence-corrected chi connectivity index (χ1v) is 11.3. The molecule has 1 N–H and O–H groups in total. The van der Waals surface area contributed by atoms with E-state index in [0.29, 0.717) is 18.9 Å². The van der Waals surface area contributed by atoms with Crippen LogP contribution in [-0.2, 0) is 16.1 Å². The predicted molar refractivity (Wildman–Crippen MR) is 122 cm³/mol. The van der Waals surface area contributed by atoms with Gasteiger partial charge in [0.25, 0.3) is 0 Å². The van der Waals surface area contributed by atoms with Crippen molar-refractivity contribution in [3.63, 3.8) is 0 Å². The normalized spacial score (nSPS) is 27.0. The highest BCUT2D eigenvalue weighted by Gasteiger charge is 2.39. The number of carbonyl (C=O) groups excluding carboxylic acids is 1. The molecule has 5 nitrogen and oxygen atoms in total. The Labute approximate surface area is 188 Å². The second kappa shape index (κ2) is 8.98. The van der Waals surface area contributed by atoms with Gasteiger partial charge in [0.1, 0.15) is 5.78 Å². The minimum atomic E-state index is -0.453. The van der Waals surface area contributed by atoms with Crippen molar-refractivity contribution in [3.05, 3.63) is 57.6 Å². The molecule has 0 radical (unpaired) electrons. The molecule has 2 aliphatic carbocycles. The third-order valence-corrected chi connectivity index (χ3v) is 6.69. The van der Waals surface area contributed by atoms with Crippen molar-refractivity contribution in [1.82, 2.24) is 5.32 Å². The molecule has 0 fully saturated rings. The van der Waals surface area contributed by atoms with Crippen LogP contribution in [0.4, 0.5) is 0 Å². The Morgan fingerprint density at radius 2 is 2.29 bits per heavy atom. The molecule has 31 heavy (non-hydrogen) atoms. The van der Waals surface area contributed by atoms with E-state index in [1.54, 1.807) is 0 Å². The lowest BCUT2D eigenvalue weighted by atomic mass is 9.81. The van der Waals surface area contributed by atoms with E-state index in [0.717, 1.165) is 42.0 Å². The first kappa shape index (κ1) is 21.8. The number of Topliss-reactive ketones (excluding diaryl/α,β-unsaturated/α-hetero) is 1. The Kier molecular flexibility index (Phi) is 6.31. The number of carbonyl (C=O) groups is 1. The van der Waals surface area contributed by atoms with Crippen LogP contribution in [0.2, 0.25) is 0 Å². The van der Waals surface area contributed by atoms with Gasteiger partial charge in [-0.25, -0.2) is 0 Å². The van der Waals surface area contributed by atoms with E-state index in [9.17, 15) is 4.79 Å². The number of nitrogens with zero attached hydrogens (tertiary/aromatic N) is 2. The second-order valence-electron chi connectivity index (χ2n) is 9.02. The smallest absolute Gasteiger partial charge is 0.162 e. The van der Waals surface area contributed by atoms with E-state index in [-0.39, 0.29) is 18.2 Å². The van der Waals surface area contributed by atoms with Crippen LogP contribution >= 0.6 is 11.6 Å². The van der Waals surface area contributed by atoms with Gasteiger partial charge in [-0.1, -0.05) is 41.9 Å². The number of halogens is 1. The fraction of sp³-hybridized carbons (Fsp3) is 0.480. The summed E-state index contributed by atoms with van der Waals surface area (Å²) in [6.07, 6.45) is 8.31. The molecule has 0 saturated heterocycles. The number of benzene rings is 1. The number of hydrogen-bond donors (Lipinski definition) is 1. The van der Waals surface area contributed by atoms with Gasteiger partial charge in [0.05, 0.1) is 18.3 Å². The maximum Gasteiger partial charge on any atom is 0.162 e. The number of nitrogens with one attached hydrogen (secondary N) is 1. The molecule has 162 valence electrons. The average molecular weight is 438 g/mol. The molecule has 3 aliphatic rings. The van der Waals surface area contributed by atoms with E-state index in [2.05, 4.69) is 48.6 Å². The van der Waals surface area contributed by atoms with Gasteiger partial charge >= 0.3 is 0 Å². The molecule has 4 rings (SSSR count). The van der Waals surface area contributed by atoms with E-state index in [1.165, 1.54) is 16.7 Å². The molecule has 1 aromatic carbocycles. The molecule has 1 heterocycles. The summed E-state index contributed by atoms with van der Waals surface area (Å²) in [5, 5.41) is 17.2. The molecule has 0 bridgehead atoms. The summed E-state index contributed by atoms with van der Waals surface area (Å²) < 4.78 is 0. The second-order valence-corrected chi connectivity index (χ2v) is 9.46. The summed E-state index contributed by atoms with van der Waals surface area (Å²) in [4.78, 5) is 17.8. The van der Waals surface area contributed by atoms with Crippen LogP contribution in [0.15, 0.2) is 46.1 Å². The van der Waals surface area contributed by atoms with E-state index < -0.39 is 5.60 Å². The Morgan fingerprint density at radius 1 is 1.45 bits per heavy atom. The van der Waals surface area contributed by atoms with E-state index >= 15 is 0 Å². The fourth-order valence-electron chi connectivity index (χ4n) is 4.72. The molecule has 0 aromatic heterocycles. The largest absolute Gasteiger partial charge is 0.384 e. The summed E-state index contributed by atoms with van der Waals surface area (Å²) in [6, 6.07) is 8.68. The monoisotopic (exact) mass is 437 g/mol. The molecule has 1 aromatic rings. The van der Waals surface area contributed by atoms with Crippen molar-refractivity contribution in [2.75, 3.05) is 6.54 Å². The van der Waals surface area contributed by atoms with Crippen LogP contribution in [0.3, 0.4) is 0 Å². The highest BCUT2D eigenvalue weighted by atomic mass is 35.5. The van der Waals surface area contributed by atoms with Gasteiger partial charge in [-0.05, 0) is 66.5 Å². The first-order valence-electron chi connectivity index (χ1n) is 11.0. The maximum atomic E-state index is 11.9. The van der Waals surface area contributed by atoms with E-state index in [1.807, 2.05) is 12.1 Å². The average Bonchev–Trinajstić information content (AvgIpc) is 3.34. The van der Waals surface area contributed by atoms with Crippen molar-refractivity contribution in [2.24, 2.45) is 11.1 Å². The summed E-state index contributed by atoms with van der Waals surface area (Å²) in [7, 11) is 0. The third-order valence-electron chi connectivity index (χ3n) is 6.45. The third kappa shape index (κ3) is 4.76.